The van der Waals surface area contributed by atoms with Crippen molar-refractivity contribution >= 4 is 28.7 Å². The molecule has 25 heavy (non-hydrogen) atoms. The van der Waals surface area contributed by atoms with Crippen LogP contribution in [0, 0.1) is 11.8 Å². The Morgan fingerprint density at radius 3 is 2.88 bits per heavy atom. The van der Waals surface area contributed by atoms with Crippen molar-refractivity contribution < 1.29 is 9.84 Å². The number of hydrogen-bond donors (Lipinski definition) is 3. The van der Waals surface area contributed by atoms with E-state index in [2.05, 4.69) is 21.5 Å². The van der Waals surface area contributed by atoms with Crippen LogP contribution in [-0.4, -0.2) is 36.8 Å². The molecule has 0 bridgehead atoms. The molecule has 1 aromatic carbocycles. The molecule has 2 aromatic rings. The third-order valence-electron chi connectivity index (χ3n) is 5.19. The lowest BCUT2D eigenvalue weighted by molar-refractivity contribution is 0.295. The Labute approximate surface area is 153 Å². The quantitative estimate of drug-likeness (QED) is 0.681. The van der Waals surface area contributed by atoms with E-state index < -0.39 is 0 Å². The van der Waals surface area contributed by atoms with Crippen molar-refractivity contribution in [2.75, 3.05) is 31.6 Å². The topological polar surface area (TPSA) is 83.6 Å². The van der Waals surface area contributed by atoms with Gasteiger partial charge in [0.1, 0.15) is 0 Å². The number of benzene rings is 1. The molecule has 0 saturated carbocycles. The third kappa shape index (κ3) is 3.94. The van der Waals surface area contributed by atoms with Crippen LogP contribution < -0.4 is 19.5 Å². The summed E-state index contributed by atoms with van der Waals surface area (Å²) in [5, 5.41) is 16.6. The second-order valence-electron chi connectivity index (χ2n) is 6.64. The van der Waals surface area contributed by atoms with Gasteiger partial charge in [0.2, 0.25) is 0 Å². The SMILES string of the molecule is COc1cc2nccc(N3CCC(C(C)CNSN)CC3)c2cc1O. The normalized spacial score (nSPS) is 17.0. The van der Waals surface area contributed by atoms with Gasteiger partial charge in [-0.15, -0.1) is 0 Å². The Morgan fingerprint density at radius 2 is 2.20 bits per heavy atom. The van der Waals surface area contributed by atoms with Gasteiger partial charge in [-0.25, -0.2) is 0 Å². The van der Waals surface area contributed by atoms with Crippen LogP contribution in [-0.2, 0) is 0 Å². The van der Waals surface area contributed by atoms with E-state index in [4.69, 9.17) is 9.88 Å². The highest BCUT2D eigenvalue weighted by Gasteiger charge is 2.25. The number of hydrogen-bond acceptors (Lipinski definition) is 7. The number of methoxy groups -OCH3 is 1. The van der Waals surface area contributed by atoms with Crippen LogP contribution in [0.3, 0.4) is 0 Å². The van der Waals surface area contributed by atoms with Crippen LogP contribution in [0.1, 0.15) is 19.8 Å². The molecule has 0 radical (unpaired) electrons. The van der Waals surface area contributed by atoms with Gasteiger partial charge in [-0.05, 0) is 36.8 Å². The van der Waals surface area contributed by atoms with Crippen molar-refractivity contribution in [2.24, 2.45) is 17.0 Å². The van der Waals surface area contributed by atoms with Crippen LogP contribution in [0.15, 0.2) is 24.4 Å². The average molecular weight is 362 g/mol. The van der Waals surface area contributed by atoms with Gasteiger partial charge in [-0.1, -0.05) is 6.92 Å². The van der Waals surface area contributed by atoms with Gasteiger partial charge in [0.15, 0.2) is 11.5 Å². The molecule has 3 rings (SSSR count). The molecule has 1 aromatic heterocycles. The highest BCUT2D eigenvalue weighted by Crippen LogP contribution is 2.36. The number of rotatable bonds is 6. The van der Waals surface area contributed by atoms with Gasteiger partial charge in [0.25, 0.3) is 0 Å². The van der Waals surface area contributed by atoms with Gasteiger partial charge >= 0.3 is 0 Å². The number of nitrogens with one attached hydrogen (secondary N) is 1. The zero-order valence-corrected chi connectivity index (χ0v) is 15.6. The number of aromatic nitrogens is 1. The summed E-state index contributed by atoms with van der Waals surface area (Å²) in [6.45, 7) is 5.25. The number of pyridine rings is 1. The van der Waals surface area contributed by atoms with Crippen molar-refractivity contribution in [3.05, 3.63) is 24.4 Å². The van der Waals surface area contributed by atoms with E-state index in [1.165, 1.54) is 12.1 Å². The predicted octanol–water partition coefficient (Wildman–Crippen LogP) is 2.91. The van der Waals surface area contributed by atoms with Gasteiger partial charge in [-0.3, -0.25) is 14.8 Å². The molecule has 0 aliphatic carbocycles. The molecule has 1 unspecified atom stereocenters. The summed E-state index contributed by atoms with van der Waals surface area (Å²) in [5.41, 5.74) is 1.97. The molecule has 7 heteroatoms. The fraction of sp³-hybridized carbons (Fsp3) is 0.500. The highest BCUT2D eigenvalue weighted by molar-refractivity contribution is 7.95. The summed E-state index contributed by atoms with van der Waals surface area (Å²) in [6.07, 6.45) is 4.14. The molecule has 1 aliphatic heterocycles. The molecule has 6 nitrogen and oxygen atoms in total. The first kappa shape index (κ1) is 18.1. The van der Waals surface area contributed by atoms with Crippen LogP contribution in [0.4, 0.5) is 5.69 Å². The van der Waals surface area contributed by atoms with Crippen LogP contribution in [0.2, 0.25) is 0 Å². The number of nitrogens with two attached hydrogens (primary N) is 1. The zero-order chi connectivity index (χ0) is 17.8. The second kappa shape index (κ2) is 8.12. The summed E-state index contributed by atoms with van der Waals surface area (Å²) in [4.78, 5) is 6.82. The second-order valence-corrected chi connectivity index (χ2v) is 7.16. The maximum absolute atomic E-state index is 10.1. The number of nitrogens with zero attached hydrogens (tertiary/aromatic N) is 2. The number of aromatic hydroxyl groups is 1. The van der Waals surface area contributed by atoms with E-state index in [9.17, 15) is 5.11 Å². The minimum absolute atomic E-state index is 0.151. The van der Waals surface area contributed by atoms with E-state index >= 15 is 0 Å². The predicted molar refractivity (Wildman–Crippen MR) is 104 cm³/mol. The summed E-state index contributed by atoms with van der Waals surface area (Å²) in [6, 6.07) is 5.58. The number of anilines is 1. The average Bonchev–Trinajstić information content (AvgIpc) is 2.65. The lowest BCUT2D eigenvalue weighted by Gasteiger charge is -2.36. The van der Waals surface area contributed by atoms with Crippen LogP contribution >= 0.6 is 12.1 Å². The number of piperidine rings is 1. The van der Waals surface area contributed by atoms with Crippen molar-refractivity contribution in [1.29, 1.82) is 0 Å². The molecule has 2 heterocycles. The summed E-state index contributed by atoms with van der Waals surface area (Å²) in [5.74, 6) is 1.92. The molecule has 0 spiro atoms. The van der Waals surface area contributed by atoms with E-state index in [-0.39, 0.29) is 5.75 Å². The van der Waals surface area contributed by atoms with E-state index in [0.717, 1.165) is 49.1 Å². The smallest absolute Gasteiger partial charge is 0.162 e. The standard InChI is InChI=1S/C18H26N4O2S/c1-12(11-21-25-19)13-4-7-22(8-5-13)16-3-6-20-15-10-18(24-2)17(23)9-14(15)16/h3,6,9-10,12-13,21,23H,4-5,7-8,11,19H2,1-2H3. The first-order chi connectivity index (χ1) is 12.1. The van der Waals surface area contributed by atoms with E-state index in [1.807, 2.05) is 12.3 Å². The Bertz CT molecular complexity index is 720. The number of phenols is 1. The molecular formula is C18H26N4O2S. The summed E-state index contributed by atoms with van der Waals surface area (Å²) < 4.78 is 8.35. The lowest BCUT2D eigenvalue weighted by Crippen LogP contribution is -2.37. The first-order valence-corrected chi connectivity index (χ1v) is 9.51. The van der Waals surface area contributed by atoms with Gasteiger partial charge < -0.3 is 14.7 Å². The molecule has 1 saturated heterocycles. The Hall–Kier alpha value is -1.70. The molecular weight excluding hydrogens is 336 g/mol. The molecule has 1 aliphatic rings. The van der Waals surface area contributed by atoms with Crippen molar-refractivity contribution in [3.8, 4) is 11.5 Å². The van der Waals surface area contributed by atoms with Crippen molar-refractivity contribution in [2.45, 2.75) is 19.8 Å². The summed E-state index contributed by atoms with van der Waals surface area (Å²) in [7, 11) is 1.55. The maximum Gasteiger partial charge on any atom is 0.162 e. The monoisotopic (exact) mass is 362 g/mol. The number of fused-ring (bicyclic) bond motifs is 1. The maximum atomic E-state index is 10.1. The fourth-order valence-corrected chi connectivity index (χ4v) is 4.00. The fourth-order valence-electron chi connectivity index (χ4n) is 3.64. The van der Waals surface area contributed by atoms with Gasteiger partial charge in [-0.2, -0.15) is 0 Å². The zero-order valence-electron chi connectivity index (χ0n) is 14.7. The van der Waals surface area contributed by atoms with Gasteiger partial charge in [0, 0.05) is 55.1 Å². The Balaban J connectivity index is 1.76. The van der Waals surface area contributed by atoms with Crippen molar-refractivity contribution in [3.63, 3.8) is 0 Å². The third-order valence-corrected chi connectivity index (χ3v) is 5.53. The first-order valence-electron chi connectivity index (χ1n) is 8.63. The highest BCUT2D eigenvalue weighted by atomic mass is 32.2. The molecule has 1 fully saturated rings. The molecule has 0 amide bonds. The Kier molecular flexibility index (Phi) is 5.88. The lowest BCUT2D eigenvalue weighted by atomic mass is 9.85. The van der Waals surface area contributed by atoms with E-state index in [1.54, 1.807) is 19.2 Å². The van der Waals surface area contributed by atoms with E-state index in [0.29, 0.717) is 17.6 Å². The number of ether oxygens (including phenoxy) is 1. The van der Waals surface area contributed by atoms with Crippen molar-refractivity contribution in [1.82, 2.24) is 9.71 Å². The molecule has 4 N–H and O–H groups in total. The molecule has 1 atom stereocenters. The molecule has 136 valence electrons. The van der Waals surface area contributed by atoms with Crippen LogP contribution in [0.5, 0.6) is 11.5 Å². The summed E-state index contributed by atoms with van der Waals surface area (Å²) >= 11 is 1.20. The number of phenolic OH excluding ortho intramolecular Hbond substituents is 1. The minimum Gasteiger partial charge on any atom is -0.504 e. The van der Waals surface area contributed by atoms with Gasteiger partial charge in [0.05, 0.1) is 12.6 Å². The largest absolute Gasteiger partial charge is 0.504 e. The van der Waals surface area contributed by atoms with Crippen LogP contribution in [0.25, 0.3) is 10.9 Å². The minimum atomic E-state index is 0.151. The Morgan fingerprint density at radius 1 is 1.44 bits per heavy atom.